The van der Waals surface area contributed by atoms with E-state index >= 15 is 0 Å². The number of carbonyl (C=O) groups is 2. The topological polar surface area (TPSA) is 134 Å². The van der Waals surface area contributed by atoms with Crippen LogP contribution < -0.4 is 14.8 Å². The first-order valence-electron chi connectivity index (χ1n) is 18.1. The highest BCUT2D eigenvalue weighted by atomic mass is 35.5. The van der Waals surface area contributed by atoms with E-state index in [0.29, 0.717) is 41.5 Å². The van der Waals surface area contributed by atoms with E-state index in [-0.39, 0.29) is 35.2 Å². The highest BCUT2D eigenvalue weighted by Gasteiger charge is 2.63. The smallest absolute Gasteiger partial charge is 0.265 e. The summed E-state index contributed by atoms with van der Waals surface area (Å²) in [5.41, 5.74) is 0.774. The molecule has 1 saturated heterocycles. The van der Waals surface area contributed by atoms with Crippen molar-refractivity contribution in [3.05, 3.63) is 86.3 Å². The maximum Gasteiger partial charge on any atom is 0.265 e. The third-order valence-electron chi connectivity index (χ3n) is 11.1. The number of hydrogen-bond donors (Lipinski definition) is 3. The summed E-state index contributed by atoms with van der Waals surface area (Å²) in [6, 6.07) is 11.6. The van der Waals surface area contributed by atoms with Gasteiger partial charge < -0.3 is 29.5 Å². The number of aromatic nitrogens is 1. The largest absolute Gasteiger partial charge is 0.508 e. The summed E-state index contributed by atoms with van der Waals surface area (Å²) < 4.78 is 17.8. The molecule has 1 unspecified atom stereocenters. The summed E-state index contributed by atoms with van der Waals surface area (Å²) in [5, 5.41) is 32.0. The molecule has 4 aliphatic rings. The van der Waals surface area contributed by atoms with Crippen LogP contribution >= 0.6 is 11.6 Å². The van der Waals surface area contributed by atoms with Gasteiger partial charge >= 0.3 is 0 Å². The molecule has 0 amide bonds. The molecule has 50 heavy (non-hydrogen) atoms. The second-order valence-corrected chi connectivity index (χ2v) is 14.5. The summed E-state index contributed by atoms with van der Waals surface area (Å²) in [5.74, 6) is -2.58. The Labute approximate surface area is 297 Å². The third-order valence-corrected chi connectivity index (χ3v) is 11.5. The standard InChI is InChI=1S/C39H46ClN3O7/c1-4-6-16-48-28-20-24(27-14-11-15-43(27)21-22-12-9-8-10-13-22)32(40)25-18-23-19-26-33(41-3)35-31(38(42-50-35)49-17-7-5-2)37(46)39(26,47)36(45)29(23)34(44)30(25)28/h8-10,12-13,20,23,26-27,33,41,45,47H,4-7,11,14-19,21H2,1-3H3/t23-,26-,27?,33-,39-/m0/s1. The predicted molar refractivity (Wildman–Crippen MR) is 188 cm³/mol. The third kappa shape index (κ3) is 5.64. The van der Waals surface area contributed by atoms with Crippen molar-refractivity contribution in [3.63, 3.8) is 0 Å². The SMILES string of the molecule is CCCCOc1cc(C2CCCN2Cc2ccccc2)c(Cl)c2c1C(=O)C1=C(O)[C@]3(O)C(=O)c4c(OCCCC)noc4[C@@H](NC)[C@@H]3C[C@@H]1C2. The average molecular weight is 704 g/mol. The molecule has 5 atom stereocenters. The Morgan fingerprint density at radius 3 is 2.56 bits per heavy atom. The molecule has 3 N–H and O–H groups in total. The number of allylic oxidation sites excluding steroid dienone is 1. The van der Waals surface area contributed by atoms with E-state index in [1.54, 1.807) is 7.05 Å². The van der Waals surface area contributed by atoms with Crippen LogP contribution in [0.25, 0.3) is 0 Å². The van der Waals surface area contributed by atoms with Crippen LogP contribution in [0.4, 0.5) is 0 Å². The Morgan fingerprint density at radius 1 is 1.10 bits per heavy atom. The zero-order chi connectivity index (χ0) is 35.2. The van der Waals surface area contributed by atoms with Crippen LogP contribution in [0.15, 0.2) is 52.3 Å². The van der Waals surface area contributed by atoms with E-state index in [0.717, 1.165) is 57.2 Å². The number of aliphatic hydroxyl groups excluding tert-OH is 1. The Bertz CT molecular complexity index is 1810. The number of ketones is 2. The minimum atomic E-state index is -2.39. The molecule has 1 fully saturated rings. The van der Waals surface area contributed by atoms with E-state index in [1.807, 2.05) is 31.2 Å². The molecule has 10 nitrogen and oxygen atoms in total. The molecular weight excluding hydrogens is 658 g/mol. The van der Waals surface area contributed by atoms with Crippen LogP contribution in [-0.4, -0.2) is 64.2 Å². The van der Waals surface area contributed by atoms with Crippen LogP contribution in [0, 0.1) is 11.8 Å². The van der Waals surface area contributed by atoms with Crippen LogP contribution in [0.2, 0.25) is 5.02 Å². The molecule has 7 rings (SSSR count). The quantitative estimate of drug-likeness (QED) is 0.168. The van der Waals surface area contributed by atoms with Gasteiger partial charge in [-0.25, -0.2) is 0 Å². The lowest BCUT2D eigenvalue weighted by Gasteiger charge is -2.48. The molecule has 3 aliphatic carbocycles. The van der Waals surface area contributed by atoms with E-state index in [2.05, 4.69) is 34.4 Å². The first-order valence-corrected chi connectivity index (χ1v) is 18.4. The van der Waals surface area contributed by atoms with Crippen molar-refractivity contribution in [2.75, 3.05) is 26.8 Å². The number of nitrogens with one attached hydrogen (secondary N) is 1. The van der Waals surface area contributed by atoms with Gasteiger partial charge in [0.25, 0.3) is 5.88 Å². The Morgan fingerprint density at radius 2 is 1.84 bits per heavy atom. The van der Waals surface area contributed by atoms with E-state index < -0.39 is 40.8 Å². The van der Waals surface area contributed by atoms with E-state index in [9.17, 15) is 19.8 Å². The number of hydrogen-bond acceptors (Lipinski definition) is 10. The molecule has 0 bridgehead atoms. The number of carbonyl (C=O) groups excluding carboxylic acids is 2. The number of ether oxygens (including phenoxy) is 2. The number of unbranched alkanes of at least 4 members (excludes halogenated alkanes) is 2. The molecule has 0 radical (unpaired) electrons. The molecule has 1 aliphatic heterocycles. The Kier molecular flexibility index (Phi) is 9.82. The summed E-state index contributed by atoms with van der Waals surface area (Å²) >= 11 is 7.34. The molecule has 11 heteroatoms. The summed E-state index contributed by atoms with van der Waals surface area (Å²) in [6.07, 6.45) is 5.83. The van der Waals surface area contributed by atoms with Gasteiger partial charge in [0.15, 0.2) is 17.1 Å². The summed E-state index contributed by atoms with van der Waals surface area (Å²) in [7, 11) is 1.70. The average Bonchev–Trinajstić information content (AvgIpc) is 3.75. The number of aliphatic hydroxyl groups is 2. The van der Waals surface area contributed by atoms with Crippen molar-refractivity contribution in [1.29, 1.82) is 0 Å². The minimum absolute atomic E-state index is 0.0126. The van der Waals surface area contributed by atoms with Gasteiger partial charge in [0.05, 0.1) is 24.8 Å². The monoisotopic (exact) mass is 703 g/mol. The van der Waals surface area contributed by atoms with Crippen LogP contribution in [-0.2, 0) is 13.0 Å². The van der Waals surface area contributed by atoms with Gasteiger partial charge in [-0.1, -0.05) is 68.6 Å². The number of Topliss-reactive ketones (excluding diaryl/α,β-unsaturated/α-hetero) is 2. The molecule has 0 spiro atoms. The molecule has 2 aromatic carbocycles. The molecular formula is C39H46ClN3O7. The highest BCUT2D eigenvalue weighted by molar-refractivity contribution is 6.33. The van der Waals surface area contributed by atoms with E-state index in [1.165, 1.54) is 5.56 Å². The number of halogens is 1. The summed E-state index contributed by atoms with van der Waals surface area (Å²) in [6.45, 7) is 6.52. The second-order valence-electron chi connectivity index (χ2n) is 14.1. The fourth-order valence-electron chi connectivity index (χ4n) is 8.53. The summed E-state index contributed by atoms with van der Waals surface area (Å²) in [4.78, 5) is 31.3. The van der Waals surface area contributed by atoms with Gasteiger partial charge in [0.1, 0.15) is 17.1 Å². The normalized spacial score (nSPS) is 26.0. The van der Waals surface area contributed by atoms with Gasteiger partial charge in [0.2, 0.25) is 5.78 Å². The lowest BCUT2D eigenvalue weighted by atomic mass is 9.59. The van der Waals surface area contributed by atoms with Gasteiger partial charge in [-0.15, -0.1) is 0 Å². The molecule has 2 heterocycles. The lowest BCUT2D eigenvalue weighted by molar-refractivity contribution is -0.0396. The number of likely N-dealkylation sites (tertiary alicyclic amines) is 1. The maximum atomic E-state index is 14.7. The fourth-order valence-corrected chi connectivity index (χ4v) is 8.88. The van der Waals surface area contributed by atoms with Crippen molar-refractivity contribution in [3.8, 4) is 11.6 Å². The maximum absolute atomic E-state index is 14.7. The first-order chi connectivity index (χ1) is 24.2. The van der Waals surface area contributed by atoms with Crippen molar-refractivity contribution >= 4 is 23.2 Å². The fraction of sp³-hybridized carbons (Fsp3) is 0.513. The van der Waals surface area contributed by atoms with E-state index in [4.69, 9.17) is 25.6 Å². The number of rotatable bonds is 12. The molecule has 0 saturated carbocycles. The van der Waals surface area contributed by atoms with Gasteiger partial charge in [-0.3, -0.25) is 14.5 Å². The highest BCUT2D eigenvalue weighted by Crippen LogP contribution is 2.56. The lowest BCUT2D eigenvalue weighted by Crippen LogP contribution is -2.59. The van der Waals surface area contributed by atoms with Crippen LogP contribution in [0.5, 0.6) is 11.6 Å². The molecule has 1 aromatic heterocycles. The number of nitrogens with zero attached hydrogens (tertiary/aromatic N) is 2. The van der Waals surface area contributed by atoms with Gasteiger partial charge in [-0.2, -0.15) is 0 Å². The van der Waals surface area contributed by atoms with Gasteiger partial charge in [-0.05, 0) is 85.9 Å². The van der Waals surface area contributed by atoms with Gasteiger partial charge in [0, 0.05) is 29.1 Å². The van der Waals surface area contributed by atoms with Crippen molar-refractivity contribution in [1.82, 2.24) is 15.4 Å². The number of benzene rings is 2. The minimum Gasteiger partial charge on any atom is -0.508 e. The predicted octanol–water partition coefficient (Wildman–Crippen LogP) is 7.10. The van der Waals surface area contributed by atoms with Crippen LogP contribution in [0.3, 0.4) is 0 Å². The zero-order valence-corrected chi connectivity index (χ0v) is 29.7. The van der Waals surface area contributed by atoms with Crippen molar-refractivity contribution in [2.45, 2.75) is 89.4 Å². The Hall–Kier alpha value is -3.70. The number of fused-ring (bicyclic) bond motifs is 4. The molecule has 3 aromatic rings. The zero-order valence-electron chi connectivity index (χ0n) is 29.0. The van der Waals surface area contributed by atoms with Crippen molar-refractivity contribution < 1.29 is 33.8 Å². The Balaban J connectivity index is 1.31. The van der Waals surface area contributed by atoms with Crippen LogP contribution in [0.1, 0.15) is 114 Å². The molecule has 266 valence electrons. The second kappa shape index (κ2) is 14.1. The first kappa shape index (κ1) is 34.7. The van der Waals surface area contributed by atoms with Crippen molar-refractivity contribution in [2.24, 2.45) is 11.8 Å².